The number of anilines is 1. The summed E-state index contributed by atoms with van der Waals surface area (Å²) >= 11 is 1.61. The fourth-order valence-corrected chi connectivity index (χ4v) is 4.61. The van der Waals surface area contributed by atoms with Crippen molar-refractivity contribution in [3.63, 3.8) is 0 Å². The van der Waals surface area contributed by atoms with Crippen molar-refractivity contribution < 1.29 is 4.79 Å². The third-order valence-electron chi connectivity index (χ3n) is 5.47. The summed E-state index contributed by atoms with van der Waals surface area (Å²) in [7, 11) is 0. The van der Waals surface area contributed by atoms with Gasteiger partial charge in [0, 0.05) is 18.7 Å². The van der Waals surface area contributed by atoms with E-state index in [1.165, 1.54) is 11.1 Å². The lowest BCUT2D eigenvalue weighted by Crippen LogP contribution is -2.39. The van der Waals surface area contributed by atoms with Gasteiger partial charge in [-0.15, -0.1) is 0 Å². The van der Waals surface area contributed by atoms with Gasteiger partial charge in [-0.1, -0.05) is 55.9 Å². The molecular weight excluding hydrogens is 378 g/mol. The quantitative estimate of drug-likeness (QED) is 0.495. The second-order valence-electron chi connectivity index (χ2n) is 7.45. The van der Waals surface area contributed by atoms with Crippen LogP contribution in [0.2, 0.25) is 0 Å². The van der Waals surface area contributed by atoms with Crippen LogP contribution >= 0.6 is 11.3 Å². The first kappa shape index (κ1) is 21.5. The third-order valence-corrected chi connectivity index (χ3v) is 6.51. The molecule has 0 aliphatic heterocycles. The third kappa shape index (κ3) is 4.85. The summed E-state index contributed by atoms with van der Waals surface area (Å²) in [6.45, 7) is 13.9. The lowest BCUT2D eigenvalue weighted by Gasteiger charge is -2.25. The van der Waals surface area contributed by atoms with Crippen molar-refractivity contribution in [2.24, 2.45) is 0 Å². The highest BCUT2D eigenvalue weighted by Gasteiger charge is 2.23. The predicted molar refractivity (Wildman–Crippen MR) is 124 cm³/mol. The Kier molecular flexibility index (Phi) is 7.04. The van der Waals surface area contributed by atoms with Gasteiger partial charge >= 0.3 is 0 Å². The average molecular weight is 410 g/mol. The van der Waals surface area contributed by atoms with Crippen molar-refractivity contribution in [3.8, 4) is 0 Å². The molecule has 0 N–H and O–H groups in total. The number of thiazole rings is 1. The number of hydrogen-bond donors (Lipinski definition) is 0. The highest BCUT2D eigenvalue weighted by atomic mass is 32.1. The van der Waals surface area contributed by atoms with Crippen LogP contribution in [0.3, 0.4) is 0 Å². The molecule has 0 fully saturated rings. The number of likely N-dealkylation sites (N-methyl/N-ethyl adjacent to an activating group) is 1. The summed E-state index contributed by atoms with van der Waals surface area (Å²) in [6.07, 6.45) is 0.996. The van der Waals surface area contributed by atoms with Crippen LogP contribution in [0.15, 0.2) is 36.4 Å². The van der Waals surface area contributed by atoms with Gasteiger partial charge in [-0.25, -0.2) is 4.98 Å². The molecule has 0 unspecified atom stereocenters. The van der Waals surface area contributed by atoms with Crippen molar-refractivity contribution in [2.75, 3.05) is 31.1 Å². The Morgan fingerprint density at radius 3 is 2.41 bits per heavy atom. The highest BCUT2D eigenvalue weighted by molar-refractivity contribution is 7.22. The smallest absolute Gasteiger partial charge is 0.260 e. The van der Waals surface area contributed by atoms with Crippen molar-refractivity contribution in [3.05, 3.63) is 58.7 Å². The Labute approximate surface area is 178 Å². The summed E-state index contributed by atoms with van der Waals surface area (Å²) in [5.41, 5.74) is 5.19. The van der Waals surface area contributed by atoms with E-state index in [-0.39, 0.29) is 5.91 Å². The molecule has 2 aromatic carbocycles. The van der Waals surface area contributed by atoms with Gasteiger partial charge in [0.2, 0.25) is 0 Å². The van der Waals surface area contributed by atoms with E-state index in [0.29, 0.717) is 6.54 Å². The Morgan fingerprint density at radius 2 is 1.76 bits per heavy atom. The zero-order valence-electron chi connectivity index (χ0n) is 18.2. The SMILES string of the molecule is CCc1ccc2nc(N(CCN(CC)CC)C(=O)c3ccc(C)cc3C)sc2c1. The molecule has 0 aliphatic carbocycles. The van der Waals surface area contributed by atoms with Gasteiger partial charge in [0.05, 0.1) is 10.2 Å². The first-order valence-corrected chi connectivity index (χ1v) is 11.3. The molecule has 1 amide bonds. The molecule has 0 saturated heterocycles. The zero-order valence-corrected chi connectivity index (χ0v) is 19.0. The molecule has 29 heavy (non-hydrogen) atoms. The molecule has 0 saturated carbocycles. The van der Waals surface area contributed by atoms with Gasteiger partial charge in [0.1, 0.15) is 0 Å². The Morgan fingerprint density at radius 1 is 1.00 bits per heavy atom. The average Bonchev–Trinajstić information content (AvgIpc) is 3.13. The van der Waals surface area contributed by atoms with E-state index in [0.717, 1.165) is 52.5 Å². The largest absolute Gasteiger partial charge is 0.302 e. The number of aryl methyl sites for hydroxylation is 3. The van der Waals surface area contributed by atoms with Crippen molar-refractivity contribution in [1.29, 1.82) is 0 Å². The van der Waals surface area contributed by atoms with E-state index < -0.39 is 0 Å². The number of fused-ring (bicyclic) bond motifs is 1. The molecule has 0 bridgehead atoms. The van der Waals surface area contributed by atoms with Crippen LogP contribution in [-0.2, 0) is 6.42 Å². The normalized spacial score (nSPS) is 11.4. The Bertz CT molecular complexity index is 991. The van der Waals surface area contributed by atoms with Gasteiger partial charge in [0.15, 0.2) is 5.13 Å². The zero-order chi connectivity index (χ0) is 21.0. The lowest BCUT2D eigenvalue weighted by atomic mass is 10.0. The van der Waals surface area contributed by atoms with E-state index in [9.17, 15) is 4.79 Å². The van der Waals surface area contributed by atoms with Crippen LogP contribution in [0.5, 0.6) is 0 Å². The van der Waals surface area contributed by atoms with Crippen LogP contribution in [0, 0.1) is 13.8 Å². The number of benzene rings is 2. The van der Waals surface area contributed by atoms with Gasteiger partial charge in [-0.2, -0.15) is 0 Å². The van der Waals surface area contributed by atoms with E-state index >= 15 is 0 Å². The van der Waals surface area contributed by atoms with Gasteiger partial charge in [-0.05, 0) is 62.7 Å². The van der Waals surface area contributed by atoms with E-state index in [1.807, 2.05) is 24.0 Å². The molecule has 0 radical (unpaired) electrons. The molecule has 0 spiro atoms. The molecule has 1 heterocycles. The predicted octanol–water partition coefficient (Wildman–Crippen LogP) is 5.46. The summed E-state index contributed by atoms with van der Waals surface area (Å²) in [5.74, 6) is 0.0319. The molecule has 3 aromatic rings. The molecule has 0 atom stereocenters. The minimum absolute atomic E-state index is 0.0319. The standard InChI is InChI=1S/C24H31N3OS/c1-6-19-10-12-21-22(16-19)29-24(25-21)27(14-13-26(7-2)8-3)23(28)20-11-9-17(4)15-18(20)5/h9-12,15-16H,6-8,13-14H2,1-5H3. The molecule has 1 aromatic heterocycles. The van der Waals surface area contributed by atoms with E-state index in [2.05, 4.69) is 56.9 Å². The first-order chi connectivity index (χ1) is 14.0. The number of aromatic nitrogens is 1. The van der Waals surface area contributed by atoms with Crippen LogP contribution in [0.4, 0.5) is 5.13 Å². The fourth-order valence-electron chi connectivity index (χ4n) is 3.56. The maximum Gasteiger partial charge on any atom is 0.260 e. The topological polar surface area (TPSA) is 36.4 Å². The lowest BCUT2D eigenvalue weighted by molar-refractivity contribution is 0.0983. The van der Waals surface area contributed by atoms with Gasteiger partial charge < -0.3 is 4.90 Å². The monoisotopic (exact) mass is 409 g/mol. The summed E-state index contributed by atoms with van der Waals surface area (Å²) in [6, 6.07) is 12.4. The number of amides is 1. The van der Waals surface area contributed by atoms with Crippen molar-refractivity contribution in [2.45, 2.75) is 41.0 Å². The van der Waals surface area contributed by atoms with Crippen molar-refractivity contribution in [1.82, 2.24) is 9.88 Å². The number of carbonyl (C=O) groups is 1. The van der Waals surface area contributed by atoms with E-state index in [1.54, 1.807) is 11.3 Å². The summed E-state index contributed by atoms with van der Waals surface area (Å²) in [4.78, 5) is 22.6. The van der Waals surface area contributed by atoms with Crippen LogP contribution in [0.1, 0.15) is 47.8 Å². The number of carbonyl (C=O) groups excluding carboxylic acids is 1. The second-order valence-corrected chi connectivity index (χ2v) is 8.46. The minimum atomic E-state index is 0.0319. The Hall–Kier alpha value is -2.24. The van der Waals surface area contributed by atoms with E-state index in [4.69, 9.17) is 4.98 Å². The minimum Gasteiger partial charge on any atom is -0.302 e. The van der Waals surface area contributed by atoms with Gasteiger partial charge in [-0.3, -0.25) is 9.69 Å². The van der Waals surface area contributed by atoms with Crippen LogP contribution < -0.4 is 4.90 Å². The summed E-state index contributed by atoms with van der Waals surface area (Å²) in [5, 5.41) is 0.783. The maximum absolute atomic E-state index is 13.5. The number of hydrogen-bond acceptors (Lipinski definition) is 4. The second kappa shape index (κ2) is 9.51. The van der Waals surface area contributed by atoms with Crippen LogP contribution in [-0.4, -0.2) is 42.0 Å². The maximum atomic E-state index is 13.5. The molecule has 154 valence electrons. The number of rotatable bonds is 8. The molecular formula is C24H31N3OS. The first-order valence-electron chi connectivity index (χ1n) is 10.5. The molecule has 0 aliphatic rings. The Balaban J connectivity index is 1.99. The molecule has 4 nitrogen and oxygen atoms in total. The van der Waals surface area contributed by atoms with Crippen molar-refractivity contribution >= 4 is 32.6 Å². The van der Waals surface area contributed by atoms with Crippen LogP contribution in [0.25, 0.3) is 10.2 Å². The number of nitrogens with zero attached hydrogens (tertiary/aromatic N) is 3. The van der Waals surface area contributed by atoms with Gasteiger partial charge in [0.25, 0.3) is 5.91 Å². The highest BCUT2D eigenvalue weighted by Crippen LogP contribution is 2.31. The molecule has 3 rings (SSSR count). The molecule has 5 heteroatoms. The summed E-state index contributed by atoms with van der Waals surface area (Å²) < 4.78 is 1.14. The fraction of sp³-hybridized carbons (Fsp3) is 0.417.